The first-order chi connectivity index (χ1) is 5.77. The van der Waals surface area contributed by atoms with Crippen molar-refractivity contribution in [3.8, 4) is 0 Å². The summed E-state index contributed by atoms with van der Waals surface area (Å²) in [5, 5.41) is 2.80. The molecule has 0 radical (unpaired) electrons. The van der Waals surface area contributed by atoms with Crippen LogP contribution in [0.15, 0.2) is 24.3 Å². The van der Waals surface area contributed by atoms with E-state index in [9.17, 15) is 9.18 Å². The van der Waals surface area contributed by atoms with E-state index in [4.69, 9.17) is 0 Å². The summed E-state index contributed by atoms with van der Waals surface area (Å²) in [6.45, 7) is 0. The van der Waals surface area contributed by atoms with Crippen LogP contribution in [0.2, 0.25) is 0 Å². The second-order valence-electron chi connectivity index (χ2n) is 2.45. The molecule has 13 heavy (non-hydrogen) atoms. The van der Waals surface area contributed by atoms with Crippen molar-refractivity contribution in [2.75, 3.05) is 7.05 Å². The number of rotatable bonds is 3. The fraction of sp³-hybridized carbons (Fsp3) is 0.222. The van der Waals surface area contributed by atoms with Gasteiger partial charge >= 0.3 is 0 Å². The van der Waals surface area contributed by atoms with Gasteiger partial charge in [-0.2, -0.15) is 0 Å². The van der Waals surface area contributed by atoms with Crippen LogP contribution in [-0.4, -0.2) is 13.3 Å². The van der Waals surface area contributed by atoms with Gasteiger partial charge in [-0.15, -0.1) is 12.4 Å². The zero-order chi connectivity index (χ0) is 8.97. The molecule has 72 valence electrons. The van der Waals surface area contributed by atoms with Crippen molar-refractivity contribution < 1.29 is 9.18 Å². The third-order valence-electron chi connectivity index (χ3n) is 1.68. The highest BCUT2D eigenvalue weighted by molar-refractivity contribution is 5.85. The fourth-order valence-corrected chi connectivity index (χ4v) is 0.983. The largest absolute Gasteiger partial charge is 0.307 e. The van der Waals surface area contributed by atoms with E-state index in [1.165, 1.54) is 12.1 Å². The Balaban J connectivity index is 0.00000144. The maximum absolute atomic E-state index is 12.4. The van der Waals surface area contributed by atoms with Crippen LogP contribution >= 0.6 is 12.4 Å². The minimum absolute atomic E-state index is 0. The van der Waals surface area contributed by atoms with Gasteiger partial charge in [0.25, 0.3) is 0 Å². The van der Waals surface area contributed by atoms with Crippen LogP contribution in [-0.2, 0) is 4.79 Å². The summed E-state index contributed by atoms with van der Waals surface area (Å²) in [7, 11) is 1.68. The van der Waals surface area contributed by atoms with Crippen LogP contribution in [0.1, 0.15) is 11.6 Å². The molecule has 0 spiro atoms. The lowest BCUT2D eigenvalue weighted by Crippen LogP contribution is -2.17. The lowest BCUT2D eigenvalue weighted by molar-refractivity contribution is -0.109. The Morgan fingerprint density at radius 1 is 1.38 bits per heavy atom. The number of carbonyl (C=O) groups excluding carboxylic acids is 1. The molecule has 0 heterocycles. The molecule has 0 saturated heterocycles. The van der Waals surface area contributed by atoms with Gasteiger partial charge in [0.1, 0.15) is 12.1 Å². The van der Waals surface area contributed by atoms with Crippen molar-refractivity contribution in [1.82, 2.24) is 5.32 Å². The van der Waals surface area contributed by atoms with Crippen molar-refractivity contribution in [2.24, 2.45) is 0 Å². The maximum atomic E-state index is 12.4. The van der Waals surface area contributed by atoms with Crippen molar-refractivity contribution >= 4 is 18.7 Å². The van der Waals surface area contributed by atoms with Gasteiger partial charge in [-0.25, -0.2) is 4.39 Å². The molecular formula is C9H11ClFNO. The number of aldehydes is 1. The molecular weight excluding hydrogens is 193 g/mol. The zero-order valence-corrected chi connectivity index (χ0v) is 7.98. The smallest absolute Gasteiger partial charge is 0.141 e. The molecule has 0 aliphatic rings. The van der Waals surface area contributed by atoms with Crippen LogP contribution in [0.4, 0.5) is 4.39 Å². The quantitative estimate of drug-likeness (QED) is 0.758. The van der Waals surface area contributed by atoms with Gasteiger partial charge < -0.3 is 10.1 Å². The van der Waals surface area contributed by atoms with Crippen LogP contribution < -0.4 is 5.32 Å². The summed E-state index contributed by atoms with van der Waals surface area (Å²) in [4.78, 5) is 10.5. The number of likely N-dealkylation sites (N-methyl/N-ethyl adjacent to an activating group) is 1. The third kappa shape index (κ3) is 3.13. The van der Waals surface area contributed by atoms with Gasteiger partial charge in [-0.05, 0) is 24.7 Å². The van der Waals surface area contributed by atoms with E-state index < -0.39 is 0 Å². The molecule has 1 N–H and O–H groups in total. The van der Waals surface area contributed by atoms with E-state index in [0.29, 0.717) is 0 Å². The maximum Gasteiger partial charge on any atom is 0.141 e. The Morgan fingerprint density at radius 3 is 2.31 bits per heavy atom. The van der Waals surface area contributed by atoms with Gasteiger partial charge in [-0.3, -0.25) is 0 Å². The highest BCUT2D eigenvalue weighted by Crippen LogP contribution is 2.10. The molecule has 1 atom stereocenters. The standard InChI is InChI=1S/C9H10FNO.ClH/c1-11-9(6-12)7-2-4-8(10)5-3-7;/h2-6,9,11H,1H3;1H. The Hall–Kier alpha value is -0.930. The Labute approximate surface area is 82.6 Å². The SMILES string of the molecule is CNC(C=O)c1ccc(F)cc1.Cl. The Morgan fingerprint density at radius 2 is 1.92 bits per heavy atom. The van der Waals surface area contributed by atoms with Crippen molar-refractivity contribution in [2.45, 2.75) is 6.04 Å². The predicted molar refractivity (Wildman–Crippen MR) is 51.5 cm³/mol. The molecule has 4 heteroatoms. The van der Waals surface area contributed by atoms with Crippen LogP contribution in [0.25, 0.3) is 0 Å². The van der Waals surface area contributed by atoms with E-state index in [1.54, 1.807) is 19.2 Å². The average molecular weight is 204 g/mol. The molecule has 0 bridgehead atoms. The highest BCUT2D eigenvalue weighted by Gasteiger charge is 2.05. The summed E-state index contributed by atoms with van der Waals surface area (Å²) >= 11 is 0. The zero-order valence-electron chi connectivity index (χ0n) is 7.16. The number of benzene rings is 1. The molecule has 0 amide bonds. The lowest BCUT2D eigenvalue weighted by atomic mass is 10.1. The first-order valence-electron chi connectivity index (χ1n) is 3.66. The van der Waals surface area contributed by atoms with Gasteiger partial charge in [0.05, 0.1) is 6.04 Å². The predicted octanol–water partition coefficient (Wildman–Crippen LogP) is 1.71. The third-order valence-corrected chi connectivity index (χ3v) is 1.68. The number of carbonyl (C=O) groups is 1. The Kier molecular flexibility index (Phi) is 5.26. The van der Waals surface area contributed by atoms with Crippen LogP contribution in [0.5, 0.6) is 0 Å². The van der Waals surface area contributed by atoms with Gasteiger partial charge in [0, 0.05) is 0 Å². The van der Waals surface area contributed by atoms with Crippen LogP contribution in [0, 0.1) is 5.82 Å². The summed E-state index contributed by atoms with van der Waals surface area (Å²) < 4.78 is 12.4. The van der Waals surface area contributed by atoms with Crippen molar-refractivity contribution in [3.63, 3.8) is 0 Å². The van der Waals surface area contributed by atoms with E-state index in [1.807, 2.05) is 0 Å². The summed E-state index contributed by atoms with van der Waals surface area (Å²) in [6, 6.07) is 5.51. The van der Waals surface area contributed by atoms with Crippen molar-refractivity contribution in [1.29, 1.82) is 0 Å². The molecule has 0 fully saturated rings. The molecule has 1 aromatic rings. The highest BCUT2D eigenvalue weighted by atomic mass is 35.5. The van der Waals surface area contributed by atoms with Gasteiger partial charge in [-0.1, -0.05) is 12.1 Å². The number of halogens is 2. The number of hydrogen-bond acceptors (Lipinski definition) is 2. The molecule has 0 aliphatic carbocycles. The summed E-state index contributed by atoms with van der Waals surface area (Å²) in [5.74, 6) is -0.292. The number of hydrogen-bond donors (Lipinski definition) is 1. The topological polar surface area (TPSA) is 29.1 Å². The van der Waals surface area contributed by atoms with E-state index in [0.717, 1.165) is 11.8 Å². The molecule has 1 rings (SSSR count). The summed E-state index contributed by atoms with van der Waals surface area (Å²) in [6.07, 6.45) is 0.785. The second kappa shape index (κ2) is 5.67. The molecule has 0 aliphatic heterocycles. The van der Waals surface area contributed by atoms with E-state index in [-0.39, 0.29) is 24.3 Å². The molecule has 0 saturated carbocycles. The van der Waals surface area contributed by atoms with Gasteiger partial charge in [0.15, 0.2) is 0 Å². The monoisotopic (exact) mass is 203 g/mol. The number of nitrogens with one attached hydrogen (secondary N) is 1. The molecule has 2 nitrogen and oxygen atoms in total. The molecule has 1 aromatic carbocycles. The minimum atomic E-state index is -0.342. The average Bonchev–Trinajstić information content (AvgIpc) is 2.10. The lowest BCUT2D eigenvalue weighted by Gasteiger charge is -2.07. The van der Waals surface area contributed by atoms with Crippen molar-refractivity contribution in [3.05, 3.63) is 35.6 Å². The summed E-state index contributed by atoms with van der Waals surface area (Å²) in [5.41, 5.74) is 0.772. The van der Waals surface area contributed by atoms with Gasteiger partial charge in [0.2, 0.25) is 0 Å². The van der Waals surface area contributed by atoms with E-state index in [2.05, 4.69) is 5.32 Å². The Bertz CT molecular complexity index is 263. The molecule has 1 unspecified atom stereocenters. The second-order valence-corrected chi connectivity index (χ2v) is 2.45. The minimum Gasteiger partial charge on any atom is -0.307 e. The first-order valence-corrected chi connectivity index (χ1v) is 3.66. The van der Waals surface area contributed by atoms with E-state index >= 15 is 0 Å². The normalized spacial score (nSPS) is 11.5. The fourth-order valence-electron chi connectivity index (χ4n) is 0.983. The van der Waals surface area contributed by atoms with Crippen LogP contribution in [0.3, 0.4) is 0 Å². The first kappa shape index (κ1) is 12.1. The molecule has 0 aromatic heterocycles.